The van der Waals surface area contributed by atoms with Crippen molar-refractivity contribution in [3.05, 3.63) is 77.4 Å². The quantitative estimate of drug-likeness (QED) is 0.625. The van der Waals surface area contributed by atoms with Gasteiger partial charge in [-0.25, -0.2) is 8.42 Å². The van der Waals surface area contributed by atoms with Crippen LogP contribution in [0.2, 0.25) is 0 Å². The molecule has 160 valence electrons. The lowest BCUT2D eigenvalue weighted by atomic mass is 10.1. The van der Waals surface area contributed by atoms with Gasteiger partial charge >= 0.3 is 0 Å². The number of nitrogens with one attached hydrogen (secondary N) is 2. The number of ether oxygens (including phenoxy) is 2. The molecule has 4 rings (SSSR count). The maximum Gasteiger partial charge on any atom is 0.262 e. The molecule has 2 N–H and O–H groups in total. The molecule has 0 fully saturated rings. The summed E-state index contributed by atoms with van der Waals surface area (Å²) in [7, 11) is -3.87. The average molecular weight is 439 g/mol. The van der Waals surface area contributed by atoms with Crippen LogP contribution in [0.3, 0.4) is 0 Å². The normalized spacial score (nSPS) is 12.8. The van der Waals surface area contributed by atoms with Gasteiger partial charge in [0.05, 0.1) is 16.1 Å². The molecule has 0 aromatic heterocycles. The monoisotopic (exact) mass is 438 g/mol. The van der Waals surface area contributed by atoms with Crippen molar-refractivity contribution in [1.29, 1.82) is 0 Å². The first-order chi connectivity index (χ1) is 14.8. The van der Waals surface area contributed by atoms with Crippen molar-refractivity contribution in [1.82, 2.24) is 0 Å². The molecule has 1 amide bonds. The third kappa shape index (κ3) is 4.49. The van der Waals surface area contributed by atoms with E-state index in [9.17, 15) is 13.2 Å². The van der Waals surface area contributed by atoms with Gasteiger partial charge in [-0.3, -0.25) is 9.52 Å². The molecule has 0 radical (unpaired) electrons. The Morgan fingerprint density at radius 2 is 1.65 bits per heavy atom. The van der Waals surface area contributed by atoms with E-state index >= 15 is 0 Å². The topological polar surface area (TPSA) is 93.7 Å². The maximum absolute atomic E-state index is 13.0. The van der Waals surface area contributed by atoms with Crippen LogP contribution in [0.15, 0.2) is 65.6 Å². The van der Waals surface area contributed by atoms with E-state index in [0.717, 1.165) is 5.56 Å². The van der Waals surface area contributed by atoms with E-state index in [1.54, 1.807) is 61.5 Å². The predicted octanol–water partition coefficient (Wildman–Crippen LogP) is 4.13. The lowest BCUT2D eigenvalue weighted by Crippen LogP contribution is -2.19. The summed E-state index contributed by atoms with van der Waals surface area (Å²) in [5, 5.41) is 2.79. The maximum atomic E-state index is 13.0. The van der Waals surface area contributed by atoms with Crippen LogP contribution in [0.5, 0.6) is 11.5 Å². The number of fused-ring (bicyclic) bond motifs is 1. The van der Waals surface area contributed by atoms with Gasteiger partial charge in [-0.05, 0) is 55.3 Å². The van der Waals surface area contributed by atoms with Gasteiger partial charge in [0.25, 0.3) is 15.9 Å². The lowest BCUT2D eigenvalue weighted by molar-refractivity contribution is 0.102. The summed E-state index contributed by atoms with van der Waals surface area (Å²) >= 11 is 0. The smallest absolute Gasteiger partial charge is 0.262 e. The second kappa shape index (κ2) is 8.31. The van der Waals surface area contributed by atoms with Gasteiger partial charge in [0.15, 0.2) is 11.5 Å². The van der Waals surface area contributed by atoms with E-state index in [1.165, 1.54) is 0 Å². The molecular formula is C23H22N2O5S. The number of carbonyl (C=O) groups is 1. The van der Waals surface area contributed by atoms with Gasteiger partial charge in [-0.1, -0.05) is 24.3 Å². The van der Waals surface area contributed by atoms with Gasteiger partial charge in [-0.15, -0.1) is 0 Å². The van der Waals surface area contributed by atoms with E-state index in [2.05, 4.69) is 10.0 Å². The van der Waals surface area contributed by atoms with E-state index < -0.39 is 15.9 Å². The Labute approximate surface area is 181 Å². The summed E-state index contributed by atoms with van der Waals surface area (Å²) in [6.07, 6.45) is 0. The highest BCUT2D eigenvalue weighted by atomic mass is 32.2. The Balaban J connectivity index is 1.60. The van der Waals surface area contributed by atoms with E-state index in [-0.39, 0.29) is 16.1 Å². The molecule has 0 spiro atoms. The number of hydrogen-bond donors (Lipinski definition) is 2. The van der Waals surface area contributed by atoms with Crippen LogP contribution in [-0.2, 0) is 10.0 Å². The van der Waals surface area contributed by atoms with Gasteiger partial charge in [0, 0.05) is 11.8 Å². The number of anilines is 2. The summed E-state index contributed by atoms with van der Waals surface area (Å²) in [6.45, 7) is 4.47. The molecular weight excluding hydrogens is 416 g/mol. The number of hydrogen-bond acceptors (Lipinski definition) is 5. The zero-order valence-corrected chi connectivity index (χ0v) is 18.0. The van der Waals surface area contributed by atoms with Crippen molar-refractivity contribution in [2.75, 3.05) is 23.3 Å². The molecule has 3 aromatic carbocycles. The van der Waals surface area contributed by atoms with Crippen LogP contribution >= 0.6 is 0 Å². The Morgan fingerprint density at radius 3 is 2.45 bits per heavy atom. The van der Waals surface area contributed by atoms with Gasteiger partial charge < -0.3 is 14.8 Å². The number of benzene rings is 3. The molecule has 1 heterocycles. The van der Waals surface area contributed by atoms with Gasteiger partial charge in [0.1, 0.15) is 13.2 Å². The fraction of sp³-hybridized carbons (Fsp3) is 0.174. The highest BCUT2D eigenvalue weighted by Crippen LogP contribution is 2.33. The van der Waals surface area contributed by atoms with Crippen LogP contribution in [0.25, 0.3) is 0 Å². The van der Waals surface area contributed by atoms with E-state index in [1.807, 2.05) is 13.0 Å². The minimum absolute atomic E-state index is 0.176. The lowest BCUT2D eigenvalue weighted by Gasteiger charge is -2.19. The average Bonchev–Trinajstić information content (AvgIpc) is 2.75. The van der Waals surface area contributed by atoms with Crippen molar-refractivity contribution in [3.8, 4) is 11.5 Å². The molecule has 0 bridgehead atoms. The summed E-state index contributed by atoms with van der Waals surface area (Å²) in [6, 6.07) is 16.8. The van der Waals surface area contributed by atoms with Crippen molar-refractivity contribution in [2.45, 2.75) is 18.7 Å². The highest BCUT2D eigenvalue weighted by Gasteiger charge is 2.21. The molecule has 0 unspecified atom stereocenters. The van der Waals surface area contributed by atoms with E-state index in [4.69, 9.17) is 9.47 Å². The minimum atomic E-state index is -3.87. The van der Waals surface area contributed by atoms with Crippen molar-refractivity contribution in [3.63, 3.8) is 0 Å². The first-order valence-electron chi connectivity index (χ1n) is 9.73. The first kappa shape index (κ1) is 20.7. The molecule has 3 aromatic rings. The number of sulfonamides is 1. The summed E-state index contributed by atoms with van der Waals surface area (Å²) in [5.74, 6) is 0.717. The molecule has 7 nitrogen and oxygen atoms in total. The Morgan fingerprint density at radius 1 is 0.903 bits per heavy atom. The minimum Gasteiger partial charge on any atom is -0.486 e. The second-order valence-corrected chi connectivity index (χ2v) is 8.88. The van der Waals surface area contributed by atoms with Crippen molar-refractivity contribution < 1.29 is 22.7 Å². The molecule has 31 heavy (non-hydrogen) atoms. The fourth-order valence-electron chi connectivity index (χ4n) is 3.29. The summed E-state index contributed by atoms with van der Waals surface area (Å²) < 4.78 is 39.6. The second-order valence-electron chi connectivity index (χ2n) is 7.23. The molecule has 1 aliphatic rings. The Bertz CT molecular complexity index is 1250. The number of aryl methyl sites for hydroxylation is 2. The van der Waals surface area contributed by atoms with E-state index in [0.29, 0.717) is 36.0 Å². The third-order valence-corrected chi connectivity index (χ3v) is 6.36. The van der Waals surface area contributed by atoms with Crippen LogP contribution < -0.4 is 19.5 Å². The highest BCUT2D eigenvalue weighted by molar-refractivity contribution is 7.92. The SMILES string of the molecule is Cc1ccc(C)c(S(=O)(=O)Nc2ccccc2C(=O)Nc2ccc3c(c2)OCCO3)c1. The predicted molar refractivity (Wildman–Crippen MR) is 119 cm³/mol. The van der Waals surface area contributed by atoms with Crippen LogP contribution in [-0.4, -0.2) is 27.5 Å². The van der Waals surface area contributed by atoms with Crippen LogP contribution in [0, 0.1) is 13.8 Å². The zero-order chi connectivity index (χ0) is 22.0. The fourth-order valence-corrected chi connectivity index (χ4v) is 4.70. The molecule has 0 saturated carbocycles. The third-order valence-electron chi connectivity index (χ3n) is 4.85. The molecule has 0 aliphatic carbocycles. The van der Waals surface area contributed by atoms with Crippen molar-refractivity contribution >= 4 is 27.3 Å². The molecule has 0 atom stereocenters. The number of rotatable bonds is 5. The summed E-state index contributed by atoms with van der Waals surface area (Å²) in [4.78, 5) is 13.1. The molecule has 1 aliphatic heterocycles. The largest absolute Gasteiger partial charge is 0.486 e. The molecule has 8 heteroatoms. The summed E-state index contributed by atoms with van der Waals surface area (Å²) in [5.41, 5.74) is 2.36. The van der Waals surface area contributed by atoms with Gasteiger partial charge in [0.2, 0.25) is 0 Å². The van der Waals surface area contributed by atoms with Crippen LogP contribution in [0.1, 0.15) is 21.5 Å². The number of amides is 1. The molecule has 0 saturated heterocycles. The Hall–Kier alpha value is -3.52. The number of para-hydroxylation sites is 1. The zero-order valence-electron chi connectivity index (χ0n) is 17.1. The first-order valence-corrected chi connectivity index (χ1v) is 11.2. The number of carbonyl (C=O) groups excluding carboxylic acids is 1. The van der Waals surface area contributed by atoms with Crippen LogP contribution in [0.4, 0.5) is 11.4 Å². The van der Waals surface area contributed by atoms with Gasteiger partial charge in [-0.2, -0.15) is 0 Å². The standard InChI is InChI=1S/C23H22N2O5S/c1-15-7-8-16(2)22(13-15)31(27,28)25-19-6-4-3-5-18(19)23(26)24-17-9-10-20-21(14-17)30-12-11-29-20/h3-10,13-14,25H,11-12H2,1-2H3,(H,24,26). The Kier molecular flexibility index (Phi) is 5.56. The van der Waals surface area contributed by atoms with Crippen molar-refractivity contribution in [2.24, 2.45) is 0 Å².